The Hall–Kier alpha value is -1.80. The van der Waals surface area contributed by atoms with Gasteiger partial charge in [-0.05, 0) is 48.6 Å². The first-order valence-corrected chi connectivity index (χ1v) is 7.39. The molecule has 1 atom stereocenters. The number of aromatic nitrogens is 2. The van der Waals surface area contributed by atoms with Crippen molar-refractivity contribution in [3.63, 3.8) is 0 Å². The third kappa shape index (κ3) is 2.01. The van der Waals surface area contributed by atoms with Crippen LogP contribution in [0.25, 0.3) is 11.0 Å². The summed E-state index contributed by atoms with van der Waals surface area (Å²) < 4.78 is 0. The molecule has 0 radical (unpaired) electrons. The highest BCUT2D eigenvalue weighted by atomic mass is 35.5. The van der Waals surface area contributed by atoms with Crippen LogP contribution >= 0.6 is 11.6 Å². The summed E-state index contributed by atoms with van der Waals surface area (Å²) in [6.07, 6.45) is 3.37. The zero-order valence-electron chi connectivity index (χ0n) is 11.1. The minimum Gasteiger partial charge on any atom is -0.342 e. The minimum atomic E-state index is 0.482. The SMILES string of the molecule is Clc1ccc2nc(C3CCc4ccccc4C3)[nH]c2c1. The molecule has 0 saturated carbocycles. The van der Waals surface area contributed by atoms with E-state index in [9.17, 15) is 0 Å². The zero-order valence-corrected chi connectivity index (χ0v) is 11.8. The lowest BCUT2D eigenvalue weighted by Gasteiger charge is -2.22. The molecule has 1 unspecified atom stereocenters. The molecule has 0 fully saturated rings. The molecule has 100 valence electrons. The van der Waals surface area contributed by atoms with Gasteiger partial charge in [-0.2, -0.15) is 0 Å². The average Bonchev–Trinajstić information content (AvgIpc) is 2.89. The van der Waals surface area contributed by atoms with Crippen molar-refractivity contribution in [1.82, 2.24) is 9.97 Å². The lowest BCUT2D eigenvalue weighted by Crippen LogP contribution is -2.13. The number of imidazole rings is 1. The van der Waals surface area contributed by atoms with E-state index >= 15 is 0 Å². The largest absolute Gasteiger partial charge is 0.342 e. The van der Waals surface area contributed by atoms with Gasteiger partial charge in [-0.1, -0.05) is 35.9 Å². The highest BCUT2D eigenvalue weighted by Crippen LogP contribution is 2.32. The molecule has 0 aliphatic heterocycles. The monoisotopic (exact) mass is 282 g/mol. The molecule has 0 bridgehead atoms. The fourth-order valence-corrected chi connectivity index (χ4v) is 3.30. The Morgan fingerprint density at radius 2 is 1.95 bits per heavy atom. The van der Waals surface area contributed by atoms with Crippen molar-refractivity contribution in [3.05, 3.63) is 64.4 Å². The van der Waals surface area contributed by atoms with E-state index in [1.165, 1.54) is 11.1 Å². The molecule has 0 saturated heterocycles. The van der Waals surface area contributed by atoms with Gasteiger partial charge >= 0.3 is 0 Å². The van der Waals surface area contributed by atoms with Crippen LogP contribution in [-0.2, 0) is 12.8 Å². The molecule has 1 aliphatic carbocycles. The fourth-order valence-electron chi connectivity index (χ4n) is 3.13. The smallest absolute Gasteiger partial charge is 0.110 e. The minimum absolute atomic E-state index is 0.482. The first-order chi connectivity index (χ1) is 9.79. The Morgan fingerprint density at radius 3 is 2.85 bits per heavy atom. The summed E-state index contributed by atoms with van der Waals surface area (Å²) in [6.45, 7) is 0. The number of fused-ring (bicyclic) bond motifs is 2. The molecule has 3 aromatic rings. The van der Waals surface area contributed by atoms with Crippen LogP contribution in [0.3, 0.4) is 0 Å². The third-order valence-corrected chi connectivity index (χ3v) is 4.43. The maximum atomic E-state index is 6.03. The molecule has 2 nitrogen and oxygen atoms in total. The normalized spacial score (nSPS) is 18.1. The van der Waals surface area contributed by atoms with E-state index < -0.39 is 0 Å². The van der Waals surface area contributed by atoms with E-state index in [1.807, 2.05) is 18.2 Å². The summed E-state index contributed by atoms with van der Waals surface area (Å²) in [6, 6.07) is 14.6. The van der Waals surface area contributed by atoms with Gasteiger partial charge in [0.15, 0.2) is 0 Å². The summed E-state index contributed by atoms with van der Waals surface area (Å²) in [5.74, 6) is 1.58. The Labute approximate surface area is 122 Å². The lowest BCUT2D eigenvalue weighted by molar-refractivity contribution is 0.561. The molecule has 1 aliphatic rings. The van der Waals surface area contributed by atoms with Gasteiger partial charge in [0.25, 0.3) is 0 Å². The van der Waals surface area contributed by atoms with E-state index in [-0.39, 0.29) is 0 Å². The molecule has 20 heavy (non-hydrogen) atoms. The second-order valence-electron chi connectivity index (χ2n) is 5.49. The van der Waals surface area contributed by atoms with E-state index in [2.05, 4.69) is 29.2 Å². The predicted molar refractivity (Wildman–Crippen MR) is 82.3 cm³/mol. The van der Waals surface area contributed by atoms with Gasteiger partial charge in [0, 0.05) is 10.9 Å². The number of aromatic amines is 1. The molecule has 0 spiro atoms. The third-order valence-electron chi connectivity index (χ3n) is 4.20. The van der Waals surface area contributed by atoms with Crippen LogP contribution in [0.4, 0.5) is 0 Å². The van der Waals surface area contributed by atoms with Crippen molar-refractivity contribution >= 4 is 22.6 Å². The Bertz CT molecular complexity index is 776. The van der Waals surface area contributed by atoms with Crippen LogP contribution in [0.15, 0.2) is 42.5 Å². The molecule has 4 rings (SSSR count). The number of aryl methyl sites for hydroxylation is 1. The van der Waals surface area contributed by atoms with Gasteiger partial charge in [-0.25, -0.2) is 4.98 Å². The summed E-state index contributed by atoms with van der Waals surface area (Å²) in [5, 5.41) is 0.752. The molecule has 1 N–H and O–H groups in total. The maximum Gasteiger partial charge on any atom is 0.110 e. The molecule has 1 heterocycles. The molecule has 1 aromatic heterocycles. The fraction of sp³-hybridized carbons (Fsp3) is 0.235. The van der Waals surface area contributed by atoms with Crippen LogP contribution in [0.1, 0.15) is 29.3 Å². The standard InChI is InChI=1S/C17H15ClN2/c18-14-7-8-15-16(10-14)20-17(19-15)13-6-5-11-3-1-2-4-12(11)9-13/h1-4,7-8,10,13H,5-6,9H2,(H,19,20). The van der Waals surface area contributed by atoms with Crippen LogP contribution < -0.4 is 0 Å². The van der Waals surface area contributed by atoms with Crippen molar-refractivity contribution in [2.75, 3.05) is 0 Å². The second kappa shape index (κ2) is 4.64. The van der Waals surface area contributed by atoms with E-state index in [0.29, 0.717) is 5.92 Å². The predicted octanol–water partition coefficient (Wildman–Crippen LogP) is 4.49. The quantitative estimate of drug-likeness (QED) is 0.700. The van der Waals surface area contributed by atoms with Crippen LogP contribution in [0.5, 0.6) is 0 Å². The maximum absolute atomic E-state index is 6.03. The average molecular weight is 283 g/mol. The van der Waals surface area contributed by atoms with Gasteiger partial charge in [-0.15, -0.1) is 0 Å². The van der Waals surface area contributed by atoms with E-state index in [0.717, 1.165) is 41.1 Å². The number of benzene rings is 2. The molecule has 2 aromatic carbocycles. The summed E-state index contributed by atoms with van der Waals surface area (Å²) in [7, 11) is 0. The van der Waals surface area contributed by atoms with Crippen molar-refractivity contribution in [3.8, 4) is 0 Å². The molecular weight excluding hydrogens is 268 g/mol. The topological polar surface area (TPSA) is 28.7 Å². The first kappa shape index (κ1) is 12.0. The van der Waals surface area contributed by atoms with E-state index in [1.54, 1.807) is 0 Å². The second-order valence-corrected chi connectivity index (χ2v) is 5.93. The summed E-state index contributed by atoms with van der Waals surface area (Å²) >= 11 is 6.03. The number of rotatable bonds is 1. The Balaban J connectivity index is 1.70. The van der Waals surface area contributed by atoms with Gasteiger partial charge in [-0.3, -0.25) is 0 Å². The van der Waals surface area contributed by atoms with Gasteiger partial charge in [0.05, 0.1) is 11.0 Å². The molecular formula is C17H15ClN2. The van der Waals surface area contributed by atoms with Crippen molar-refractivity contribution in [1.29, 1.82) is 0 Å². The van der Waals surface area contributed by atoms with Gasteiger partial charge < -0.3 is 4.98 Å². The number of halogens is 1. The Morgan fingerprint density at radius 1 is 1.10 bits per heavy atom. The van der Waals surface area contributed by atoms with Crippen molar-refractivity contribution in [2.45, 2.75) is 25.2 Å². The molecule has 0 amide bonds. The zero-order chi connectivity index (χ0) is 13.5. The highest BCUT2D eigenvalue weighted by molar-refractivity contribution is 6.31. The number of H-pyrrole nitrogens is 1. The summed E-state index contributed by atoms with van der Waals surface area (Å²) in [4.78, 5) is 8.18. The number of nitrogens with zero attached hydrogens (tertiary/aromatic N) is 1. The number of nitrogens with one attached hydrogen (secondary N) is 1. The van der Waals surface area contributed by atoms with Crippen LogP contribution in [0.2, 0.25) is 5.02 Å². The molecule has 3 heteroatoms. The Kier molecular flexibility index (Phi) is 2.78. The number of hydrogen-bond donors (Lipinski definition) is 1. The summed E-state index contributed by atoms with van der Waals surface area (Å²) in [5.41, 5.74) is 4.99. The highest BCUT2D eigenvalue weighted by Gasteiger charge is 2.22. The van der Waals surface area contributed by atoms with Crippen molar-refractivity contribution < 1.29 is 0 Å². The number of hydrogen-bond acceptors (Lipinski definition) is 1. The first-order valence-electron chi connectivity index (χ1n) is 7.01. The van der Waals surface area contributed by atoms with Crippen LogP contribution in [0, 0.1) is 0 Å². The van der Waals surface area contributed by atoms with Crippen LogP contribution in [-0.4, -0.2) is 9.97 Å². The van der Waals surface area contributed by atoms with Gasteiger partial charge in [0.2, 0.25) is 0 Å². The lowest BCUT2D eigenvalue weighted by atomic mass is 9.83. The van der Waals surface area contributed by atoms with Gasteiger partial charge in [0.1, 0.15) is 5.82 Å². The van der Waals surface area contributed by atoms with E-state index in [4.69, 9.17) is 16.6 Å². The van der Waals surface area contributed by atoms with Crippen molar-refractivity contribution in [2.24, 2.45) is 0 Å².